The van der Waals surface area contributed by atoms with Crippen molar-refractivity contribution >= 4 is 29.2 Å². The summed E-state index contributed by atoms with van der Waals surface area (Å²) in [5.74, 6) is 0.320. The van der Waals surface area contributed by atoms with Crippen molar-refractivity contribution in [1.82, 2.24) is 9.88 Å². The van der Waals surface area contributed by atoms with E-state index in [2.05, 4.69) is 10.3 Å². The molecule has 122 valence electrons. The second kappa shape index (κ2) is 8.48. The molecule has 1 aromatic heterocycles. The van der Waals surface area contributed by atoms with E-state index in [0.29, 0.717) is 36.8 Å². The van der Waals surface area contributed by atoms with Gasteiger partial charge in [0.1, 0.15) is 5.82 Å². The average molecular weight is 334 g/mol. The van der Waals surface area contributed by atoms with E-state index in [9.17, 15) is 9.59 Å². The van der Waals surface area contributed by atoms with Gasteiger partial charge in [0.2, 0.25) is 11.8 Å². The molecule has 6 heteroatoms. The van der Waals surface area contributed by atoms with Gasteiger partial charge in [-0.3, -0.25) is 9.59 Å². The highest BCUT2D eigenvalue weighted by atomic mass is 35.5. The number of hydrogen-bond acceptors (Lipinski definition) is 3. The summed E-state index contributed by atoms with van der Waals surface area (Å²) >= 11 is 5.77. The van der Waals surface area contributed by atoms with E-state index in [1.54, 1.807) is 29.2 Å². The highest BCUT2D eigenvalue weighted by Crippen LogP contribution is 2.19. The first-order valence-electron chi connectivity index (χ1n) is 7.61. The van der Waals surface area contributed by atoms with Crippen LogP contribution in [0.3, 0.4) is 0 Å². The first-order valence-corrected chi connectivity index (χ1v) is 7.98. The van der Waals surface area contributed by atoms with Crippen LogP contribution in [0.4, 0.5) is 5.82 Å². The van der Waals surface area contributed by atoms with Gasteiger partial charge in [0, 0.05) is 31.3 Å². The van der Waals surface area contributed by atoms with E-state index >= 15 is 0 Å². The molecule has 1 aromatic rings. The molecule has 2 heterocycles. The summed E-state index contributed by atoms with van der Waals surface area (Å²) in [6, 6.07) is 3.35. The molecule has 0 spiro atoms. The average Bonchev–Trinajstić information content (AvgIpc) is 2.57. The van der Waals surface area contributed by atoms with Gasteiger partial charge in [0.15, 0.2) is 0 Å². The maximum Gasteiger partial charge on any atom is 0.246 e. The first-order chi connectivity index (χ1) is 11.1. The quantitative estimate of drug-likeness (QED) is 0.680. The molecule has 0 aromatic carbocycles. The Balaban J connectivity index is 1.82. The van der Waals surface area contributed by atoms with Crippen molar-refractivity contribution < 1.29 is 9.59 Å². The van der Waals surface area contributed by atoms with Crippen LogP contribution >= 0.6 is 11.6 Å². The van der Waals surface area contributed by atoms with Crippen molar-refractivity contribution in [3.63, 3.8) is 0 Å². The lowest BCUT2D eigenvalue weighted by atomic mass is 9.96. The minimum absolute atomic E-state index is 0.0127. The van der Waals surface area contributed by atoms with Crippen molar-refractivity contribution in [1.29, 1.82) is 0 Å². The smallest absolute Gasteiger partial charge is 0.246 e. The van der Waals surface area contributed by atoms with Gasteiger partial charge in [-0.2, -0.15) is 0 Å². The van der Waals surface area contributed by atoms with Crippen LogP contribution in [0.1, 0.15) is 19.8 Å². The fourth-order valence-electron chi connectivity index (χ4n) is 2.39. The minimum atomic E-state index is -0.101. The number of piperidine rings is 1. The number of amides is 2. The van der Waals surface area contributed by atoms with E-state index in [4.69, 9.17) is 11.6 Å². The van der Waals surface area contributed by atoms with Gasteiger partial charge in [0.05, 0.1) is 5.02 Å². The number of pyridine rings is 1. The van der Waals surface area contributed by atoms with E-state index < -0.39 is 0 Å². The molecule has 1 aliphatic heterocycles. The largest absolute Gasteiger partial charge is 0.339 e. The van der Waals surface area contributed by atoms with E-state index in [1.807, 2.05) is 19.1 Å². The zero-order valence-electron chi connectivity index (χ0n) is 13.0. The molecular weight excluding hydrogens is 314 g/mol. The number of halogens is 1. The maximum absolute atomic E-state index is 12.2. The summed E-state index contributed by atoms with van der Waals surface area (Å²) in [5.41, 5.74) is 0. The van der Waals surface area contributed by atoms with Crippen molar-refractivity contribution in [2.24, 2.45) is 5.92 Å². The molecule has 2 amide bonds. The van der Waals surface area contributed by atoms with Crippen LogP contribution in [0.2, 0.25) is 5.02 Å². The Hall–Kier alpha value is -2.14. The van der Waals surface area contributed by atoms with E-state index in [1.165, 1.54) is 6.20 Å². The SMILES string of the molecule is C/C=C/C=C/C(=O)N1CCC(C(=O)Nc2ccc(Cl)cn2)CC1. The van der Waals surface area contributed by atoms with Crippen LogP contribution < -0.4 is 5.32 Å². The topological polar surface area (TPSA) is 62.3 Å². The fraction of sp³-hybridized carbons (Fsp3) is 0.353. The molecule has 1 N–H and O–H groups in total. The number of likely N-dealkylation sites (tertiary alicyclic amines) is 1. The number of rotatable bonds is 4. The second-order valence-corrected chi connectivity index (χ2v) is 5.77. The Bertz CT molecular complexity index is 603. The molecular formula is C17H20ClN3O2. The van der Waals surface area contributed by atoms with E-state index in [-0.39, 0.29) is 17.7 Å². The minimum Gasteiger partial charge on any atom is -0.339 e. The molecule has 0 saturated carbocycles. The number of nitrogens with zero attached hydrogens (tertiary/aromatic N) is 2. The Morgan fingerprint density at radius 3 is 2.65 bits per heavy atom. The van der Waals surface area contributed by atoms with Gasteiger partial charge in [-0.25, -0.2) is 4.98 Å². The van der Waals surface area contributed by atoms with E-state index in [0.717, 1.165) is 0 Å². The fourth-order valence-corrected chi connectivity index (χ4v) is 2.51. The van der Waals surface area contributed by atoms with Gasteiger partial charge >= 0.3 is 0 Å². The summed E-state index contributed by atoms with van der Waals surface area (Å²) in [4.78, 5) is 30.0. The molecule has 0 bridgehead atoms. The summed E-state index contributed by atoms with van der Waals surface area (Å²) in [6.07, 6.45) is 9.77. The lowest BCUT2D eigenvalue weighted by Gasteiger charge is -2.30. The van der Waals surface area contributed by atoms with Gasteiger partial charge < -0.3 is 10.2 Å². The summed E-state index contributed by atoms with van der Waals surface area (Å²) in [7, 11) is 0. The van der Waals surface area contributed by atoms with Crippen LogP contribution in [0, 0.1) is 5.92 Å². The van der Waals surface area contributed by atoms with Gasteiger partial charge in [0.25, 0.3) is 0 Å². The lowest BCUT2D eigenvalue weighted by molar-refractivity contribution is -0.130. The van der Waals surface area contributed by atoms with Crippen molar-refractivity contribution in [2.45, 2.75) is 19.8 Å². The van der Waals surface area contributed by atoms with Gasteiger partial charge in [-0.05, 0) is 31.9 Å². The summed E-state index contributed by atoms with van der Waals surface area (Å²) in [6.45, 7) is 3.07. The summed E-state index contributed by atoms with van der Waals surface area (Å²) in [5, 5.41) is 3.32. The molecule has 0 radical (unpaired) electrons. The molecule has 2 rings (SSSR count). The predicted molar refractivity (Wildman–Crippen MR) is 91.1 cm³/mol. The molecule has 5 nitrogen and oxygen atoms in total. The number of aromatic nitrogens is 1. The van der Waals surface area contributed by atoms with Crippen molar-refractivity contribution in [2.75, 3.05) is 18.4 Å². The maximum atomic E-state index is 12.2. The molecule has 1 saturated heterocycles. The molecule has 0 atom stereocenters. The van der Waals surface area contributed by atoms with Crippen LogP contribution in [-0.4, -0.2) is 34.8 Å². The number of anilines is 1. The number of hydrogen-bond donors (Lipinski definition) is 1. The molecule has 0 unspecified atom stereocenters. The molecule has 0 aliphatic carbocycles. The van der Waals surface area contributed by atoms with Crippen LogP contribution in [0.15, 0.2) is 42.6 Å². The third-order valence-corrected chi connectivity index (χ3v) is 3.92. The van der Waals surface area contributed by atoms with Gasteiger partial charge in [-0.15, -0.1) is 0 Å². The number of carbonyl (C=O) groups excluding carboxylic acids is 2. The van der Waals surface area contributed by atoms with Gasteiger partial charge in [-0.1, -0.05) is 29.8 Å². The van der Waals surface area contributed by atoms with Crippen LogP contribution in [0.25, 0.3) is 0 Å². The predicted octanol–water partition coefficient (Wildman–Crippen LogP) is 3.04. The number of nitrogens with one attached hydrogen (secondary N) is 1. The Kier molecular flexibility index (Phi) is 6.35. The van der Waals surface area contributed by atoms with Crippen LogP contribution in [-0.2, 0) is 9.59 Å². The Labute approximate surface area is 141 Å². The van der Waals surface area contributed by atoms with Crippen LogP contribution in [0.5, 0.6) is 0 Å². The normalized spacial score (nSPS) is 16.2. The molecule has 23 heavy (non-hydrogen) atoms. The highest BCUT2D eigenvalue weighted by molar-refractivity contribution is 6.30. The first kappa shape index (κ1) is 17.2. The Morgan fingerprint density at radius 1 is 1.30 bits per heavy atom. The third-order valence-electron chi connectivity index (χ3n) is 3.70. The number of allylic oxidation sites excluding steroid dienone is 3. The standard InChI is InChI=1S/C17H20ClN3O2/c1-2-3-4-5-16(22)21-10-8-13(9-11-21)17(23)20-15-7-6-14(18)12-19-15/h2-7,12-13H,8-11H2,1H3,(H,19,20,23)/b3-2+,5-4+. The molecule has 1 fully saturated rings. The highest BCUT2D eigenvalue weighted by Gasteiger charge is 2.26. The lowest BCUT2D eigenvalue weighted by Crippen LogP contribution is -2.40. The second-order valence-electron chi connectivity index (χ2n) is 5.34. The van der Waals surface area contributed by atoms with Crippen molar-refractivity contribution in [3.8, 4) is 0 Å². The summed E-state index contributed by atoms with van der Waals surface area (Å²) < 4.78 is 0. The molecule has 1 aliphatic rings. The van der Waals surface area contributed by atoms with Crippen molar-refractivity contribution in [3.05, 3.63) is 47.7 Å². The monoisotopic (exact) mass is 333 g/mol. The Morgan fingerprint density at radius 2 is 2.04 bits per heavy atom. The zero-order valence-corrected chi connectivity index (χ0v) is 13.8. The number of carbonyl (C=O) groups is 2. The zero-order chi connectivity index (χ0) is 16.7. The third kappa shape index (κ3) is 5.21.